The quantitative estimate of drug-likeness (QED) is 0.501. The summed E-state index contributed by atoms with van der Waals surface area (Å²) in [5.41, 5.74) is 4.84. The minimum absolute atomic E-state index is 0.281. The second kappa shape index (κ2) is 8.93. The zero-order chi connectivity index (χ0) is 22.8. The fourth-order valence-corrected chi connectivity index (χ4v) is 4.42. The van der Waals surface area contributed by atoms with E-state index in [1.165, 1.54) is 16.7 Å². The molecule has 0 atom stereocenters. The van der Waals surface area contributed by atoms with Gasteiger partial charge in [-0.05, 0) is 68.8 Å². The normalized spacial score (nSPS) is 13.7. The minimum Gasteiger partial charge on any atom is -0.497 e. The number of anilines is 2. The largest absolute Gasteiger partial charge is 0.497 e. The third-order valence-corrected chi connectivity index (χ3v) is 6.35. The average molecular weight is 445 g/mol. The second-order valence-electron chi connectivity index (χ2n) is 7.71. The number of methoxy groups -OCH3 is 1. The Morgan fingerprint density at radius 2 is 1.47 bits per heavy atom. The van der Waals surface area contributed by atoms with E-state index >= 15 is 0 Å². The molecule has 0 aromatic heterocycles. The lowest BCUT2D eigenvalue weighted by Crippen LogP contribution is -2.32. The number of aryl methyl sites for hydroxylation is 3. The van der Waals surface area contributed by atoms with E-state index in [1.807, 2.05) is 63.2 Å². The molecule has 0 radical (unpaired) electrons. The van der Waals surface area contributed by atoms with Crippen molar-refractivity contribution in [3.63, 3.8) is 0 Å². The van der Waals surface area contributed by atoms with Crippen molar-refractivity contribution < 1.29 is 14.3 Å². The number of hydrogen-bond acceptors (Lipinski definition) is 5. The first-order valence-electron chi connectivity index (χ1n) is 10.2. The molecule has 1 heterocycles. The summed E-state index contributed by atoms with van der Waals surface area (Å²) in [7, 11) is 1.57. The van der Waals surface area contributed by atoms with Crippen LogP contribution in [0, 0.1) is 20.8 Å². The third-order valence-electron chi connectivity index (χ3n) is 5.25. The summed E-state index contributed by atoms with van der Waals surface area (Å²) in [6.45, 7) is 6.01. The Morgan fingerprint density at radius 1 is 0.812 bits per heavy atom. The Bertz CT molecular complexity index is 1210. The summed E-state index contributed by atoms with van der Waals surface area (Å²) in [4.78, 5) is 29.4. The summed E-state index contributed by atoms with van der Waals surface area (Å²) < 4.78 is 5.20. The number of benzene rings is 3. The zero-order valence-corrected chi connectivity index (χ0v) is 19.2. The van der Waals surface area contributed by atoms with Gasteiger partial charge < -0.3 is 10.1 Å². The first-order valence-corrected chi connectivity index (χ1v) is 11.0. The standard InChI is InChI=1S/C26H24N2O3S/c1-16-5-12-21(13-6-16)32-24-23(27-22-14-7-17(2)15-18(22)3)25(29)28(26(24)30)19-8-10-20(31-4)11-9-19/h5-15,27H,1-4H3. The number of nitrogens with one attached hydrogen (secondary N) is 1. The van der Waals surface area contributed by atoms with Crippen LogP contribution >= 0.6 is 11.8 Å². The van der Waals surface area contributed by atoms with Crippen LogP contribution in [-0.4, -0.2) is 18.9 Å². The van der Waals surface area contributed by atoms with Crippen molar-refractivity contribution >= 4 is 35.0 Å². The first-order chi connectivity index (χ1) is 15.4. The number of nitrogens with zero attached hydrogens (tertiary/aromatic N) is 1. The molecule has 2 amide bonds. The Morgan fingerprint density at radius 3 is 2.09 bits per heavy atom. The van der Waals surface area contributed by atoms with E-state index in [4.69, 9.17) is 4.74 Å². The van der Waals surface area contributed by atoms with Gasteiger partial charge in [0.2, 0.25) is 0 Å². The van der Waals surface area contributed by atoms with Crippen LogP contribution in [0.2, 0.25) is 0 Å². The van der Waals surface area contributed by atoms with Gasteiger partial charge in [-0.15, -0.1) is 0 Å². The Kier molecular flexibility index (Phi) is 6.06. The Balaban J connectivity index is 1.74. The van der Waals surface area contributed by atoms with Gasteiger partial charge in [0.25, 0.3) is 11.8 Å². The topological polar surface area (TPSA) is 58.6 Å². The number of hydrogen-bond donors (Lipinski definition) is 1. The zero-order valence-electron chi connectivity index (χ0n) is 18.4. The fourth-order valence-electron chi connectivity index (χ4n) is 3.49. The molecule has 5 nitrogen and oxygen atoms in total. The molecule has 3 aromatic rings. The van der Waals surface area contributed by atoms with Gasteiger partial charge in [-0.25, -0.2) is 4.90 Å². The Hall–Kier alpha value is -3.51. The predicted octanol–water partition coefficient (Wildman–Crippen LogP) is 5.61. The molecule has 6 heteroatoms. The smallest absolute Gasteiger partial charge is 0.283 e. The summed E-state index contributed by atoms with van der Waals surface area (Å²) in [5, 5.41) is 3.24. The number of rotatable bonds is 6. The van der Waals surface area contributed by atoms with Gasteiger partial charge in [0.15, 0.2) is 0 Å². The highest BCUT2D eigenvalue weighted by molar-refractivity contribution is 8.04. The molecule has 1 aliphatic rings. The summed E-state index contributed by atoms with van der Waals surface area (Å²) in [5.74, 6) is -0.0727. The van der Waals surface area contributed by atoms with Gasteiger partial charge >= 0.3 is 0 Å². The highest BCUT2D eigenvalue weighted by atomic mass is 32.2. The van der Waals surface area contributed by atoms with Crippen molar-refractivity contribution in [1.82, 2.24) is 0 Å². The van der Waals surface area contributed by atoms with Crippen molar-refractivity contribution in [2.45, 2.75) is 25.7 Å². The van der Waals surface area contributed by atoms with Crippen molar-refractivity contribution in [2.24, 2.45) is 0 Å². The molecule has 0 aliphatic carbocycles. The van der Waals surface area contributed by atoms with Gasteiger partial charge in [-0.1, -0.05) is 47.2 Å². The maximum atomic E-state index is 13.4. The average Bonchev–Trinajstić information content (AvgIpc) is 3.01. The van der Waals surface area contributed by atoms with Crippen molar-refractivity contribution in [2.75, 3.05) is 17.3 Å². The maximum Gasteiger partial charge on any atom is 0.283 e. The second-order valence-corrected chi connectivity index (χ2v) is 8.79. The van der Waals surface area contributed by atoms with Gasteiger partial charge in [-0.2, -0.15) is 0 Å². The van der Waals surface area contributed by atoms with Crippen LogP contribution in [-0.2, 0) is 9.59 Å². The first kappa shape index (κ1) is 21.7. The van der Waals surface area contributed by atoms with Gasteiger partial charge in [-0.3, -0.25) is 9.59 Å². The van der Waals surface area contributed by atoms with E-state index in [2.05, 4.69) is 5.32 Å². The molecule has 162 valence electrons. The summed E-state index contributed by atoms with van der Waals surface area (Å²) in [6, 6.07) is 20.7. The number of ether oxygens (including phenoxy) is 1. The number of carbonyl (C=O) groups is 2. The van der Waals surface area contributed by atoms with Crippen LogP contribution in [0.15, 0.2) is 82.2 Å². The third kappa shape index (κ3) is 4.27. The summed E-state index contributed by atoms with van der Waals surface area (Å²) in [6.07, 6.45) is 0. The molecule has 0 unspecified atom stereocenters. The lowest BCUT2D eigenvalue weighted by atomic mass is 10.1. The van der Waals surface area contributed by atoms with E-state index in [0.29, 0.717) is 16.3 Å². The Labute approximate surface area is 192 Å². The maximum absolute atomic E-state index is 13.4. The molecule has 3 aromatic carbocycles. The van der Waals surface area contributed by atoms with Crippen molar-refractivity contribution in [3.8, 4) is 5.75 Å². The molecular weight excluding hydrogens is 420 g/mol. The van der Waals surface area contributed by atoms with E-state index < -0.39 is 0 Å². The van der Waals surface area contributed by atoms with E-state index in [9.17, 15) is 9.59 Å². The van der Waals surface area contributed by atoms with Crippen molar-refractivity contribution in [3.05, 3.63) is 94.0 Å². The molecule has 0 saturated heterocycles. The van der Waals surface area contributed by atoms with Crippen LogP contribution in [0.3, 0.4) is 0 Å². The highest BCUT2D eigenvalue weighted by Crippen LogP contribution is 2.38. The number of imide groups is 1. The van der Waals surface area contributed by atoms with Gasteiger partial charge in [0.05, 0.1) is 12.8 Å². The summed E-state index contributed by atoms with van der Waals surface area (Å²) >= 11 is 1.29. The number of carbonyl (C=O) groups excluding carboxylic acids is 2. The molecule has 0 spiro atoms. The lowest BCUT2D eigenvalue weighted by molar-refractivity contribution is -0.120. The molecule has 4 rings (SSSR count). The van der Waals surface area contributed by atoms with Gasteiger partial charge in [0, 0.05) is 10.6 Å². The van der Waals surface area contributed by atoms with Crippen LogP contribution in [0.4, 0.5) is 11.4 Å². The van der Waals surface area contributed by atoms with E-state index in [1.54, 1.807) is 31.4 Å². The minimum atomic E-state index is -0.380. The van der Waals surface area contributed by atoms with Crippen LogP contribution in [0.5, 0.6) is 5.75 Å². The molecule has 0 saturated carbocycles. The van der Waals surface area contributed by atoms with Gasteiger partial charge in [0.1, 0.15) is 16.4 Å². The van der Waals surface area contributed by atoms with Crippen LogP contribution < -0.4 is 15.0 Å². The fraction of sp³-hybridized carbons (Fsp3) is 0.154. The lowest BCUT2D eigenvalue weighted by Gasteiger charge is -2.16. The molecule has 1 aliphatic heterocycles. The molecule has 1 N–H and O–H groups in total. The number of amides is 2. The van der Waals surface area contributed by atoms with Crippen LogP contribution in [0.25, 0.3) is 0 Å². The number of thioether (sulfide) groups is 1. The van der Waals surface area contributed by atoms with E-state index in [-0.39, 0.29) is 17.5 Å². The van der Waals surface area contributed by atoms with Crippen LogP contribution in [0.1, 0.15) is 16.7 Å². The molecule has 32 heavy (non-hydrogen) atoms. The predicted molar refractivity (Wildman–Crippen MR) is 129 cm³/mol. The highest BCUT2D eigenvalue weighted by Gasteiger charge is 2.40. The molecule has 0 bridgehead atoms. The monoisotopic (exact) mass is 444 g/mol. The molecule has 0 fully saturated rings. The molecular formula is C26H24N2O3S. The van der Waals surface area contributed by atoms with E-state index in [0.717, 1.165) is 27.3 Å². The van der Waals surface area contributed by atoms with Crippen molar-refractivity contribution in [1.29, 1.82) is 0 Å². The SMILES string of the molecule is COc1ccc(N2C(=O)C(Nc3ccc(C)cc3C)=C(Sc3ccc(C)cc3)C2=O)cc1.